The summed E-state index contributed by atoms with van der Waals surface area (Å²) in [5.41, 5.74) is 11.2. The molecule has 0 aliphatic carbocycles. The SMILES string of the molecule is CCCNC(=O)C(N)COCC(N)C(=O)NCCCS(=O)(=O)O. The predicted molar refractivity (Wildman–Crippen MR) is 84.1 cm³/mol. The molecule has 0 rings (SSSR count). The van der Waals surface area contributed by atoms with Crippen molar-refractivity contribution < 1.29 is 27.3 Å². The third-order valence-electron chi connectivity index (χ3n) is 2.70. The second-order valence-corrected chi connectivity index (χ2v) is 6.54. The Hall–Kier alpha value is -1.27. The van der Waals surface area contributed by atoms with Crippen molar-refractivity contribution in [2.24, 2.45) is 11.5 Å². The highest BCUT2D eigenvalue weighted by atomic mass is 32.2. The Morgan fingerprint density at radius 2 is 1.57 bits per heavy atom. The molecule has 0 bridgehead atoms. The molecule has 2 unspecified atom stereocenters. The van der Waals surface area contributed by atoms with Gasteiger partial charge in [0.2, 0.25) is 11.8 Å². The lowest BCUT2D eigenvalue weighted by molar-refractivity contribution is -0.124. The van der Waals surface area contributed by atoms with Gasteiger partial charge in [0.15, 0.2) is 0 Å². The zero-order valence-electron chi connectivity index (χ0n) is 13.2. The van der Waals surface area contributed by atoms with E-state index in [1.54, 1.807) is 0 Å². The van der Waals surface area contributed by atoms with Gasteiger partial charge in [-0.1, -0.05) is 6.92 Å². The fourth-order valence-electron chi connectivity index (χ4n) is 1.45. The maximum Gasteiger partial charge on any atom is 0.264 e. The van der Waals surface area contributed by atoms with Gasteiger partial charge in [0, 0.05) is 13.1 Å². The van der Waals surface area contributed by atoms with Crippen molar-refractivity contribution in [2.45, 2.75) is 31.8 Å². The smallest absolute Gasteiger partial charge is 0.264 e. The minimum Gasteiger partial charge on any atom is -0.377 e. The highest BCUT2D eigenvalue weighted by molar-refractivity contribution is 7.85. The minimum absolute atomic E-state index is 0.0608. The van der Waals surface area contributed by atoms with E-state index < -0.39 is 33.9 Å². The van der Waals surface area contributed by atoms with Crippen LogP contribution in [0.1, 0.15) is 19.8 Å². The van der Waals surface area contributed by atoms with E-state index in [1.165, 1.54) is 0 Å². The van der Waals surface area contributed by atoms with Crippen molar-refractivity contribution in [1.29, 1.82) is 0 Å². The number of ether oxygens (including phenoxy) is 1. The van der Waals surface area contributed by atoms with Crippen LogP contribution in [0.25, 0.3) is 0 Å². The average molecular weight is 354 g/mol. The molecule has 10 nitrogen and oxygen atoms in total. The Morgan fingerprint density at radius 1 is 1.09 bits per heavy atom. The quantitative estimate of drug-likeness (QED) is 0.190. The van der Waals surface area contributed by atoms with Gasteiger partial charge in [0.1, 0.15) is 12.1 Å². The van der Waals surface area contributed by atoms with Crippen molar-refractivity contribution in [3.05, 3.63) is 0 Å². The molecule has 2 atom stereocenters. The predicted octanol–water partition coefficient (Wildman–Crippen LogP) is -2.42. The number of nitrogens with two attached hydrogens (primary N) is 2. The second kappa shape index (κ2) is 11.3. The average Bonchev–Trinajstić information content (AvgIpc) is 2.47. The van der Waals surface area contributed by atoms with Gasteiger partial charge in [-0.05, 0) is 12.8 Å². The van der Waals surface area contributed by atoms with Crippen molar-refractivity contribution in [3.63, 3.8) is 0 Å². The third kappa shape index (κ3) is 11.9. The molecule has 0 saturated heterocycles. The molecular weight excluding hydrogens is 328 g/mol. The van der Waals surface area contributed by atoms with Crippen molar-refractivity contribution in [1.82, 2.24) is 10.6 Å². The van der Waals surface area contributed by atoms with Gasteiger partial charge >= 0.3 is 0 Å². The molecule has 2 amide bonds. The van der Waals surface area contributed by atoms with Crippen molar-refractivity contribution in [2.75, 3.05) is 32.1 Å². The summed E-state index contributed by atoms with van der Waals surface area (Å²) < 4.78 is 34.6. The lowest BCUT2D eigenvalue weighted by atomic mass is 10.3. The molecule has 0 heterocycles. The second-order valence-electron chi connectivity index (χ2n) is 4.97. The van der Waals surface area contributed by atoms with Crippen molar-refractivity contribution >= 4 is 21.9 Å². The highest BCUT2D eigenvalue weighted by Gasteiger charge is 2.17. The van der Waals surface area contributed by atoms with E-state index in [-0.39, 0.29) is 32.1 Å². The van der Waals surface area contributed by atoms with E-state index >= 15 is 0 Å². The van der Waals surface area contributed by atoms with Crippen LogP contribution in [0, 0.1) is 0 Å². The zero-order valence-corrected chi connectivity index (χ0v) is 14.0. The van der Waals surface area contributed by atoms with E-state index in [2.05, 4.69) is 10.6 Å². The fourth-order valence-corrected chi connectivity index (χ4v) is 1.96. The number of hydrogen-bond acceptors (Lipinski definition) is 7. The molecule has 0 saturated carbocycles. The molecule has 0 aromatic carbocycles. The van der Waals surface area contributed by atoms with Gasteiger partial charge in [-0.3, -0.25) is 14.1 Å². The first-order chi connectivity index (χ1) is 10.7. The number of amides is 2. The van der Waals surface area contributed by atoms with Crippen LogP contribution < -0.4 is 22.1 Å². The summed E-state index contributed by atoms with van der Waals surface area (Å²) in [6, 6.07) is -1.81. The molecule has 0 aliphatic rings. The van der Waals surface area contributed by atoms with Crippen LogP contribution in [0.4, 0.5) is 0 Å². The van der Waals surface area contributed by atoms with Gasteiger partial charge in [-0.25, -0.2) is 0 Å². The van der Waals surface area contributed by atoms with Gasteiger partial charge in [0.25, 0.3) is 10.1 Å². The van der Waals surface area contributed by atoms with Crippen LogP contribution in [0.2, 0.25) is 0 Å². The van der Waals surface area contributed by atoms with Crippen LogP contribution in [0.15, 0.2) is 0 Å². The molecule has 0 radical (unpaired) electrons. The van der Waals surface area contributed by atoms with Crippen molar-refractivity contribution in [3.8, 4) is 0 Å². The summed E-state index contributed by atoms with van der Waals surface area (Å²) in [5, 5.41) is 5.03. The third-order valence-corrected chi connectivity index (χ3v) is 3.50. The zero-order chi connectivity index (χ0) is 17.9. The number of carbonyl (C=O) groups is 2. The maximum atomic E-state index is 11.6. The topological polar surface area (TPSA) is 174 Å². The van der Waals surface area contributed by atoms with E-state index in [0.717, 1.165) is 6.42 Å². The summed E-state index contributed by atoms with van der Waals surface area (Å²) in [6.07, 6.45) is 0.864. The monoisotopic (exact) mass is 354 g/mol. The lowest BCUT2D eigenvalue weighted by Gasteiger charge is -2.15. The minimum atomic E-state index is -4.04. The molecular formula is C12H26N4O6S. The van der Waals surface area contributed by atoms with E-state index in [0.29, 0.717) is 6.54 Å². The molecule has 136 valence electrons. The maximum absolute atomic E-state index is 11.6. The number of hydrogen-bond donors (Lipinski definition) is 5. The molecule has 23 heavy (non-hydrogen) atoms. The molecule has 0 aliphatic heterocycles. The van der Waals surface area contributed by atoms with E-state index in [4.69, 9.17) is 20.8 Å². The first-order valence-corrected chi connectivity index (χ1v) is 8.87. The van der Waals surface area contributed by atoms with Crippen LogP contribution in [-0.4, -0.2) is 68.9 Å². The highest BCUT2D eigenvalue weighted by Crippen LogP contribution is 1.90. The van der Waals surface area contributed by atoms with Crippen LogP contribution in [0.5, 0.6) is 0 Å². The fraction of sp³-hybridized carbons (Fsp3) is 0.833. The van der Waals surface area contributed by atoms with E-state index in [1.807, 2.05) is 6.92 Å². The first-order valence-electron chi connectivity index (χ1n) is 7.26. The first kappa shape index (κ1) is 21.7. The Kier molecular flexibility index (Phi) is 10.7. The molecule has 11 heteroatoms. The molecule has 0 aromatic rings. The lowest BCUT2D eigenvalue weighted by Crippen LogP contribution is -2.47. The van der Waals surface area contributed by atoms with Gasteiger partial charge in [-0.15, -0.1) is 0 Å². The number of rotatable bonds is 12. The number of carbonyl (C=O) groups excluding carboxylic acids is 2. The van der Waals surface area contributed by atoms with Crippen LogP contribution in [0.3, 0.4) is 0 Å². The summed E-state index contributed by atoms with van der Waals surface area (Å²) in [7, 11) is -4.04. The van der Waals surface area contributed by atoms with Crippen LogP contribution in [-0.2, 0) is 24.4 Å². The van der Waals surface area contributed by atoms with Gasteiger partial charge in [-0.2, -0.15) is 8.42 Å². The summed E-state index contributed by atoms with van der Waals surface area (Å²) >= 11 is 0. The largest absolute Gasteiger partial charge is 0.377 e. The Morgan fingerprint density at radius 3 is 2.00 bits per heavy atom. The molecule has 0 fully saturated rings. The van der Waals surface area contributed by atoms with Crippen LogP contribution >= 0.6 is 0 Å². The molecule has 0 aromatic heterocycles. The number of nitrogens with one attached hydrogen (secondary N) is 2. The Bertz CT molecular complexity index is 470. The van der Waals surface area contributed by atoms with Gasteiger partial charge < -0.3 is 26.8 Å². The van der Waals surface area contributed by atoms with E-state index in [9.17, 15) is 18.0 Å². The normalized spacial score (nSPS) is 14.1. The molecule has 7 N–H and O–H groups in total. The Balaban J connectivity index is 3.85. The van der Waals surface area contributed by atoms with Gasteiger partial charge in [0.05, 0.1) is 19.0 Å². The summed E-state index contributed by atoms with van der Waals surface area (Å²) in [6.45, 7) is 2.30. The Labute approximate surface area is 136 Å². The summed E-state index contributed by atoms with van der Waals surface area (Å²) in [4.78, 5) is 23.1. The molecule has 0 spiro atoms. The summed E-state index contributed by atoms with van der Waals surface area (Å²) in [5.74, 6) is -1.31. The standard InChI is InChI=1S/C12H26N4O6S/c1-2-4-15-11(17)9(13)7-22-8-10(14)12(18)16-5-3-6-23(19,20)21/h9-10H,2-8,13-14H2,1H3,(H,15,17)(H,16,18)(H,19,20,21).